The van der Waals surface area contributed by atoms with Gasteiger partial charge in [-0.1, -0.05) is 18.2 Å². The van der Waals surface area contributed by atoms with E-state index in [1.54, 1.807) is 45.2 Å². The average Bonchev–Trinajstić information content (AvgIpc) is 2.59. The second-order valence-electron chi connectivity index (χ2n) is 7.90. The predicted molar refractivity (Wildman–Crippen MR) is 107 cm³/mol. The first kappa shape index (κ1) is 21.6. The minimum atomic E-state index is -0.635. The third kappa shape index (κ3) is 6.16. The highest BCUT2D eigenvalue weighted by Crippen LogP contribution is 2.09. The summed E-state index contributed by atoms with van der Waals surface area (Å²) in [6.07, 6.45) is 1.56. The van der Waals surface area contributed by atoms with Crippen LogP contribution in [-0.4, -0.2) is 70.8 Å². The Kier molecular flexibility index (Phi) is 6.90. The fourth-order valence-corrected chi connectivity index (χ4v) is 2.61. The molecule has 2 rings (SSSR count). The molecule has 152 valence electrons. The molecule has 0 N–H and O–H groups in total. The summed E-state index contributed by atoms with van der Waals surface area (Å²) in [6.45, 7) is 5.83. The molecule has 2 aromatic rings. The summed E-state index contributed by atoms with van der Waals surface area (Å²) in [4.78, 5) is 40.9. The van der Waals surface area contributed by atoms with E-state index >= 15 is 0 Å². The van der Waals surface area contributed by atoms with Gasteiger partial charge in [0.05, 0.1) is 11.6 Å². The van der Waals surface area contributed by atoms with Gasteiger partial charge in [0.1, 0.15) is 18.7 Å². The minimum absolute atomic E-state index is 0.174. The Morgan fingerprint density at radius 3 is 2.46 bits per heavy atom. The molecule has 0 radical (unpaired) electrons. The molecule has 0 fully saturated rings. The van der Waals surface area contributed by atoms with Crippen molar-refractivity contribution in [3.8, 4) is 0 Å². The van der Waals surface area contributed by atoms with Crippen LogP contribution < -0.4 is 5.56 Å². The molecule has 0 saturated carbocycles. The van der Waals surface area contributed by atoms with Gasteiger partial charge in [-0.25, -0.2) is 4.68 Å². The molecular weight excluding hydrogens is 360 g/mol. The van der Waals surface area contributed by atoms with Gasteiger partial charge in [-0.05, 0) is 40.9 Å². The van der Waals surface area contributed by atoms with Crippen molar-refractivity contribution in [1.29, 1.82) is 0 Å². The fraction of sp³-hybridized carbons (Fsp3) is 0.500. The Morgan fingerprint density at radius 1 is 1.14 bits per heavy atom. The third-order valence-corrected chi connectivity index (χ3v) is 3.96. The van der Waals surface area contributed by atoms with E-state index in [-0.39, 0.29) is 24.6 Å². The Hall–Kier alpha value is -2.74. The highest BCUT2D eigenvalue weighted by atomic mass is 16.6. The lowest BCUT2D eigenvalue weighted by Crippen LogP contribution is -2.44. The first-order valence-electron chi connectivity index (χ1n) is 9.16. The number of nitrogens with zero attached hydrogens (tertiary/aromatic N) is 4. The molecule has 1 aromatic heterocycles. The first-order valence-corrected chi connectivity index (χ1v) is 9.16. The summed E-state index contributed by atoms with van der Waals surface area (Å²) in [5.74, 6) is -0.851. The molecule has 0 atom stereocenters. The summed E-state index contributed by atoms with van der Waals surface area (Å²) in [5, 5.41) is 5.31. The van der Waals surface area contributed by atoms with Crippen LogP contribution in [0.1, 0.15) is 20.8 Å². The molecule has 1 amide bonds. The van der Waals surface area contributed by atoms with Crippen LogP contribution in [0.4, 0.5) is 0 Å². The third-order valence-electron chi connectivity index (χ3n) is 3.96. The van der Waals surface area contributed by atoms with Gasteiger partial charge in [0, 0.05) is 18.5 Å². The van der Waals surface area contributed by atoms with Crippen molar-refractivity contribution in [2.24, 2.45) is 0 Å². The Labute approximate surface area is 164 Å². The number of hydrogen-bond donors (Lipinski definition) is 0. The van der Waals surface area contributed by atoms with Gasteiger partial charge < -0.3 is 14.5 Å². The highest BCUT2D eigenvalue weighted by molar-refractivity contribution is 5.83. The Balaban J connectivity index is 2.18. The van der Waals surface area contributed by atoms with Crippen LogP contribution in [0.2, 0.25) is 0 Å². The highest BCUT2D eigenvalue weighted by Gasteiger charge is 2.23. The minimum Gasteiger partial charge on any atom is -0.459 e. The van der Waals surface area contributed by atoms with E-state index in [0.717, 1.165) is 10.1 Å². The number of rotatable bonds is 7. The molecule has 1 heterocycles. The van der Waals surface area contributed by atoms with E-state index in [4.69, 9.17) is 4.74 Å². The van der Waals surface area contributed by atoms with Crippen LogP contribution in [0.5, 0.6) is 0 Å². The molecule has 0 aliphatic rings. The van der Waals surface area contributed by atoms with Crippen molar-refractivity contribution in [2.45, 2.75) is 32.9 Å². The summed E-state index contributed by atoms with van der Waals surface area (Å²) in [6, 6.07) is 7.08. The lowest BCUT2D eigenvalue weighted by atomic mass is 10.2. The molecule has 28 heavy (non-hydrogen) atoms. The zero-order chi connectivity index (χ0) is 20.9. The number of aromatic nitrogens is 2. The molecule has 0 saturated heterocycles. The number of fused-ring (bicyclic) bond motifs is 1. The zero-order valence-corrected chi connectivity index (χ0v) is 17.1. The maximum Gasteiger partial charge on any atom is 0.326 e. The predicted octanol–water partition coefficient (Wildman–Crippen LogP) is 1.13. The number of carbonyl (C=O) groups excluding carboxylic acids is 2. The van der Waals surface area contributed by atoms with Crippen LogP contribution in [0.25, 0.3) is 10.8 Å². The van der Waals surface area contributed by atoms with Crippen molar-refractivity contribution in [3.63, 3.8) is 0 Å². The van der Waals surface area contributed by atoms with Gasteiger partial charge in [-0.15, -0.1) is 0 Å². The van der Waals surface area contributed by atoms with E-state index < -0.39 is 11.6 Å². The van der Waals surface area contributed by atoms with Crippen molar-refractivity contribution >= 4 is 22.6 Å². The van der Waals surface area contributed by atoms with E-state index in [1.807, 2.05) is 25.1 Å². The van der Waals surface area contributed by atoms with Crippen molar-refractivity contribution in [1.82, 2.24) is 19.6 Å². The van der Waals surface area contributed by atoms with Crippen LogP contribution in [-0.2, 0) is 20.9 Å². The van der Waals surface area contributed by atoms with Crippen molar-refractivity contribution in [2.75, 3.05) is 33.7 Å². The van der Waals surface area contributed by atoms with Gasteiger partial charge in [0.15, 0.2) is 0 Å². The van der Waals surface area contributed by atoms with Crippen LogP contribution >= 0.6 is 0 Å². The topological polar surface area (TPSA) is 84.7 Å². The molecule has 8 heteroatoms. The zero-order valence-electron chi connectivity index (χ0n) is 17.1. The van der Waals surface area contributed by atoms with Crippen LogP contribution in [0.15, 0.2) is 35.3 Å². The average molecular weight is 388 g/mol. The summed E-state index contributed by atoms with van der Waals surface area (Å²) in [5.41, 5.74) is -0.972. The fourth-order valence-electron chi connectivity index (χ4n) is 2.61. The van der Waals surface area contributed by atoms with Crippen molar-refractivity contribution < 1.29 is 14.3 Å². The Morgan fingerprint density at radius 2 is 1.82 bits per heavy atom. The molecule has 0 unspecified atom stereocenters. The molecule has 0 spiro atoms. The standard InChI is InChI=1S/C20H28N4O4/c1-20(2,3)28-18(26)14-23(11-10-22(4)5)17(25)13-24-19(27)16-9-7-6-8-15(16)12-21-24/h6-9,12H,10-11,13-14H2,1-5H3. The van der Waals surface area contributed by atoms with Gasteiger partial charge in [-0.2, -0.15) is 5.10 Å². The van der Waals surface area contributed by atoms with E-state index in [1.165, 1.54) is 4.90 Å². The van der Waals surface area contributed by atoms with Crippen LogP contribution in [0.3, 0.4) is 0 Å². The van der Waals surface area contributed by atoms with Gasteiger partial charge in [0.25, 0.3) is 5.56 Å². The summed E-state index contributed by atoms with van der Waals surface area (Å²) >= 11 is 0. The van der Waals surface area contributed by atoms with E-state index in [2.05, 4.69) is 5.10 Å². The molecule has 1 aromatic carbocycles. The lowest BCUT2D eigenvalue weighted by molar-refractivity contribution is -0.159. The number of amides is 1. The number of benzene rings is 1. The maximum absolute atomic E-state index is 12.8. The maximum atomic E-state index is 12.8. The summed E-state index contributed by atoms with van der Waals surface area (Å²) < 4.78 is 6.45. The van der Waals surface area contributed by atoms with Gasteiger partial charge in [-0.3, -0.25) is 14.4 Å². The summed E-state index contributed by atoms with van der Waals surface area (Å²) in [7, 11) is 3.76. The van der Waals surface area contributed by atoms with Crippen LogP contribution in [0, 0.1) is 0 Å². The SMILES string of the molecule is CN(C)CCN(CC(=O)OC(C)(C)C)C(=O)Cn1ncc2ccccc2c1=O. The molecule has 0 aliphatic heterocycles. The first-order chi connectivity index (χ1) is 13.1. The lowest BCUT2D eigenvalue weighted by Gasteiger charge is -2.26. The second kappa shape index (κ2) is 8.97. The van der Waals surface area contributed by atoms with E-state index in [0.29, 0.717) is 18.5 Å². The normalized spacial score (nSPS) is 11.6. The number of esters is 1. The Bertz CT molecular complexity index is 899. The molecule has 0 bridgehead atoms. The van der Waals surface area contributed by atoms with Crippen molar-refractivity contribution in [3.05, 3.63) is 40.8 Å². The number of hydrogen-bond acceptors (Lipinski definition) is 6. The quantitative estimate of drug-likeness (QED) is 0.661. The number of likely N-dealkylation sites (N-methyl/N-ethyl adjacent to an activating group) is 1. The molecular formula is C20H28N4O4. The monoisotopic (exact) mass is 388 g/mol. The number of carbonyl (C=O) groups is 2. The van der Waals surface area contributed by atoms with Gasteiger partial charge in [0.2, 0.25) is 5.91 Å². The smallest absolute Gasteiger partial charge is 0.326 e. The van der Waals surface area contributed by atoms with E-state index in [9.17, 15) is 14.4 Å². The molecule has 8 nitrogen and oxygen atoms in total. The number of ether oxygens (including phenoxy) is 1. The second-order valence-corrected chi connectivity index (χ2v) is 7.90. The van der Waals surface area contributed by atoms with Gasteiger partial charge >= 0.3 is 5.97 Å². The molecule has 0 aliphatic carbocycles. The largest absolute Gasteiger partial charge is 0.459 e.